The van der Waals surface area contributed by atoms with Gasteiger partial charge < -0.3 is 9.47 Å². The Morgan fingerprint density at radius 2 is 1.85 bits per heavy atom. The van der Waals surface area contributed by atoms with Crippen molar-refractivity contribution in [3.8, 4) is 0 Å². The quantitative estimate of drug-likeness (QED) is 0.406. The molecule has 0 saturated carbocycles. The predicted molar refractivity (Wildman–Crippen MR) is 97.3 cm³/mol. The third-order valence-electron chi connectivity index (χ3n) is 3.71. The van der Waals surface area contributed by atoms with Gasteiger partial charge in [0.25, 0.3) is 5.56 Å². The summed E-state index contributed by atoms with van der Waals surface area (Å²) in [5.41, 5.74) is -0.818. The first-order valence-electron chi connectivity index (χ1n) is 7.95. The Bertz CT molecular complexity index is 964. The number of nitrogens with zero attached hydrogens (tertiary/aromatic N) is 4. The molecular weight excluding hydrogens is 360 g/mol. The van der Waals surface area contributed by atoms with E-state index in [1.165, 1.54) is 25.8 Å². The Kier molecular flexibility index (Phi) is 5.87. The Hall–Kier alpha value is -2.20. The Morgan fingerprint density at radius 3 is 2.42 bits per heavy atom. The van der Waals surface area contributed by atoms with Gasteiger partial charge in [0.05, 0.1) is 6.61 Å². The molecule has 0 spiro atoms. The van der Waals surface area contributed by atoms with Crippen LogP contribution in [0.25, 0.3) is 11.0 Å². The smallest absolute Gasteiger partial charge is 0.332 e. The van der Waals surface area contributed by atoms with Crippen LogP contribution in [0.5, 0.6) is 0 Å². The normalized spacial score (nSPS) is 11.8. The highest BCUT2D eigenvalue weighted by molar-refractivity contribution is 8.01. The number of carbonyl (C=O) groups is 1. The first-order valence-corrected chi connectivity index (χ1v) is 8.77. The monoisotopic (exact) mass is 382 g/mol. The van der Waals surface area contributed by atoms with E-state index < -0.39 is 22.0 Å². The molecule has 142 valence electrons. The molecule has 0 radical (unpaired) electrons. The maximum Gasteiger partial charge on any atom is 0.332 e. The number of esters is 1. The van der Waals surface area contributed by atoms with Gasteiger partial charge in [-0.1, -0.05) is 11.8 Å². The molecule has 0 unspecified atom stereocenters. The molecule has 26 heavy (non-hydrogen) atoms. The van der Waals surface area contributed by atoms with E-state index in [-0.39, 0.29) is 24.2 Å². The first kappa shape index (κ1) is 20.1. The van der Waals surface area contributed by atoms with Gasteiger partial charge in [0.1, 0.15) is 21.8 Å². The van der Waals surface area contributed by atoms with Gasteiger partial charge in [-0.25, -0.2) is 14.8 Å². The van der Waals surface area contributed by atoms with Crippen LogP contribution in [0.15, 0.2) is 14.6 Å². The molecule has 0 amide bonds. The zero-order valence-corrected chi connectivity index (χ0v) is 16.5. The van der Waals surface area contributed by atoms with Gasteiger partial charge in [-0.3, -0.25) is 18.7 Å². The number of rotatable bonds is 6. The van der Waals surface area contributed by atoms with Crippen LogP contribution in [0.1, 0.15) is 26.6 Å². The Morgan fingerprint density at radius 1 is 1.19 bits per heavy atom. The van der Waals surface area contributed by atoms with E-state index >= 15 is 0 Å². The van der Waals surface area contributed by atoms with E-state index in [1.807, 2.05) is 0 Å². The van der Waals surface area contributed by atoms with Crippen LogP contribution in [0.4, 0.5) is 0 Å². The lowest BCUT2D eigenvalue weighted by Crippen LogP contribution is -2.38. The summed E-state index contributed by atoms with van der Waals surface area (Å²) in [5.74, 6) is -0.114. The fourth-order valence-corrected chi connectivity index (χ4v) is 3.38. The number of aromatic nitrogens is 4. The molecular formula is C16H22N4O5S. The molecule has 2 aromatic heterocycles. The zero-order valence-electron chi connectivity index (χ0n) is 15.7. The molecule has 2 aromatic rings. The topological polar surface area (TPSA) is 105 Å². The number of hydrogen-bond donors (Lipinski definition) is 0. The zero-order chi connectivity index (χ0) is 19.6. The Balaban J connectivity index is 2.77. The van der Waals surface area contributed by atoms with Gasteiger partial charge in [0.15, 0.2) is 11.5 Å². The summed E-state index contributed by atoms with van der Waals surface area (Å²) in [5, 5.41) is 0.480. The largest absolute Gasteiger partial charge is 0.465 e. The van der Waals surface area contributed by atoms with Crippen LogP contribution < -0.4 is 11.2 Å². The molecule has 0 aliphatic heterocycles. The molecule has 0 bridgehead atoms. The minimum atomic E-state index is -0.985. The van der Waals surface area contributed by atoms with Crippen molar-refractivity contribution in [3.05, 3.63) is 26.7 Å². The van der Waals surface area contributed by atoms with Crippen molar-refractivity contribution in [2.45, 2.75) is 37.2 Å². The number of ether oxygens (including phenoxy) is 2. The van der Waals surface area contributed by atoms with Gasteiger partial charge in [0, 0.05) is 21.2 Å². The molecule has 2 rings (SSSR count). The van der Waals surface area contributed by atoms with Crippen molar-refractivity contribution in [3.63, 3.8) is 0 Å². The highest BCUT2D eigenvalue weighted by Gasteiger charge is 2.33. The van der Waals surface area contributed by atoms with E-state index in [0.717, 1.165) is 16.3 Å². The van der Waals surface area contributed by atoms with E-state index in [9.17, 15) is 14.4 Å². The number of carbonyl (C=O) groups excluding carboxylic acids is 1. The average Bonchev–Trinajstić information content (AvgIpc) is 2.58. The van der Waals surface area contributed by atoms with Gasteiger partial charge in [-0.05, 0) is 20.8 Å². The average molecular weight is 382 g/mol. The summed E-state index contributed by atoms with van der Waals surface area (Å²) >= 11 is 1.09. The highest BCUT2D eigenvalue weighted by Crippen LogP contribution is 2.35. The second-order valence-corrected chi connectivity index (χ2v) is 7.73. The maximum absolute atomic E-state index is 12.7. The second kappa shape index (κ2) is 7.58. The highest BCUT2D eigenvalue weighted by atomic mass is 32.2. The third-order valence-corrected chi connectivity index (χ3v) is 4.87. The maximum atomic E-state index is 12.7. The fourth-order valence-electron chi connectivity index (χ4n) is 2.33. The standard InChI is InChI=1S/C16H22N4O5S/c1-7-25-14(22)16(2,3)26-12-10-11(17-9(18-12)8-24-6)19(4)15(23)20(5)13(10)21/h7-8H2,1-6H3. The fraction of sp³-hybridized carbons (Fsp3) is 0.562. The van der Waals surface area contributed by atoms with Crippen LogP contribution >= 0.6 is 11.8 Å². The summed E-state index contributed by atoms with van der Waals surface area (Å²) in [6.45, 7) is 5.45. The number of methoxy groups -OCH3 is 1. The van der Waals surface area contributed by atoms with Crippen LogP contribution in [0.3, 0.4) is 0 Å². The van der Waals surface area contributed by atoms with Crippen LogP contribution in [-0.2, 0) is 35.0 Å². The molecule has 0 aliphatic rings. The van der Waals surface area contributed by atoms with Crippen molar-refractivity contribution in [1.82, 2.24) is 19.1 Å². The summed E-state index contributed by atoms with van der Waals surface area (Å²) in [6.07, 6.45) is 0. The molecule has 9 nitrogen and oxygen atoms in total. The third kappa shape index (κ3) is 3.65. The number of aryl methyl sites for hydroxylation is 1. The first-order chi connectivity index (χ1) is 12.1. The van der Waals surface area contributed by atoms with Gasteiger partial charge in [-0.2, -0.15) is 0 Å². The summed E-state index contributed by atoms with van der Waals surface area (Å²) in [4.78, 5) is 45.8. The van der Waals surface area contributed by atoms with Crippen molar-refractivity contribution < 1.29 is 14.3 Å². The number of hydrogen-bond acceptors (Lipinski definition) is 8. The van der Waals surface area contributed by atoms with E-state index in [2.05, 4.69) is 9.97 Å². The summed E-state index contributed by atoms with van der Waals surface area (Å²) in [7, 11) is 4.41. The van der Waals surface area contributed by atoms with Crippen LogP contribution in [0, 0.1) is 0 Å². The van der Waals surface area contributed by atoms with E-state index in [4.69, 9.17) is 9.47 Å². The molecule has 10 heteroatoms. The molecule has 0 aliphatic carbocycles. The van der Waals surface area contributed by atoms with Crippen molar-refractivity contribution in [2.24, 2.45) is 14.1 Å². The Labute approximate surface area is 154 Å². The summed E-state index contributed by atoms with van der Waals surface area (Å²) in [6, 6.07) is 0. The lowest BCUT2D eigenvalue weighted by molar-refractivity contribution is -0.145. The molecule has 0 fully saturated rings. The van der Waals surface area contributed by atoms with Gasteiger partial charge >= 0.3 is 11.7 Å². The minimum absolute atomic E-state index is 0.104. The predicted octanol–water partition coefficient (Wildman–Crippen LogP) is 0.607. The number of fused-ring (bicyclic) bond motifs is 1. The SMILES string of the molecule is CCOC(=O)C(C)(C)Sc1nc(COC)nc2c1c(=O)n(C)c(=O)n2C. The van der Waals surface area contributed by atoms with Crippen LogP contribution in [-0.4, -0.2) is 43.5 Å². The lowest BCUT2D eigenvalue weighted by Gasteiger charge is -2.22. The summed E-state index contributed by atoms with van der Waals surface area (Å²) < 4.78 is 11.5. The second-order valence-electron chi connectivity index (χ2n) is 6.12. The van der Waals surface area contributed by atoms with Gasteiger partial charge in [0.2, 0.25) is 0 Å². The minimum Gasteiger partial charge on any atom is -0.465 e. The molecule has 2 heterocycles. The van der Waals surface area contributed by atoms with Crippen LogP contribution in [0.2, 0.25) is 0 Å². The van der Waals surface area contributed by atoms with Gasteiger partial charge in [-0.15, -0.1) is 0 Å². The molecule has 0 aromatic carbocycles. The van der Waals surface area contributed by atoms with E-state index in [0.29, 0.717) is 10.9 Å². The number of thioether (sulfide) groups is 1. The van der Waals surface area contributed by atoms with Crippen molar-refractivity contribution in [1.29, 1.82) is 0 Å². The van der Waals surface area contributed by atoms with E-state index in [1.54, 1.807) is 20.8 Å². The molecule has 0 saturated heterocycles. The molecule has 0 N–H and O–H groups in total. The van der Waals surface area contributed by atoms with Crippen molar-refractivity contribution in [2.75, 3.05) is 13.7 Å². The lowest BCUT2D eigenvalue weighted by atomic mass is 10.2. The van der Waals surface area contributed by atoms with Crippen molar-refractivity contribution >= 4 is 28.8 Å². The molecule has 0 atom stereocenters.